The van der Waals surface area contributed by atoms with Crippen LogP contribution in [0.2, 0.25) is 0 Å². The van der Waals surface area contributed by atoms with Crippen LogP contribution in [0.3, 0.4) is 0 Å². The van der Waals surface area contributed by atoms with E-state index in [1.165, 1.54) is 53.4 Å². The fourth-order valence-electron chi connectivity index (χ4n) is 9.48. The molecule has 0 atom stereocenters. The molecule has 0 aromatic heterocycles. The van der Waals surface area contributed by atoms with Gasteiger partial charge in [-0.25, -0.2) is 0 Å². The number of benzene rings is 6. The number of methoxy groups -OCH3 is 3. The van der Waals surface area contributed by atoms with Gasteiger partial charge in [-0.3, -0.25) is 9.59 Å². The Bertz CT molecular complexity index is 2520. The Labute approximate surface area is 575 Å². The lowest BCUT2D eigenvalue weighted by atomic mass is 9.79. The maximum atomic E-state index is 13.0. The Balaban J connectivity index is 0.000000391. The van der Waals surface area contributed by atoms with E-state index in [0.717, 1.165) is 58.2 Å². The summed E-state index contributed by atoms with van der Waals surface area (Å²) in [6.45, 7) is 19.9. The van der Waals surface area contributed by atoms with E-state index < -0.39 is 11.1 Å². The van der Waals surface area contributed by atoms with Crippen LogP contribution in [-0.4, -0.2) is 146 Å². The average molecular weight is 1360 g/mol. The quantitative estimate of drug-likeness (QED) is 0.0389. The number of ether oxygens (including phenoxy) is 6. The van der Waals surface area contributed by atoms with Crippen LogP contribution in [0.25, 0.3) is 0 Å². The van der Waals surface area contributed by atoms with Crippen molar-refractivity contribution in [2.45, 2.75) is 105 Å². The van der Waals surface area contributed by atoms with Crippen molar-refractivity contribution in [3.63, 3.8) is 0 Å². The molecule has 0 aliphatic carbocycles. The monoisotopic (exact) mass is 1360 g/mol. The Morgan fingerprint density at radius 3 is 1.09 bits per heavy atom. The highest BCUT2D eigenvalue weighted by molar-refractivity contribution is 8.19. The molecule has 91 heavy (non-hydrogen) atoms. The third-order valence-electron chi connectivity index (χ3n) is 14.3. The zero-order chi connectivity index (χ0) is 65.5. The largest absolute Gasteiger partial charge is 0.382 e. The molecule has 3 aliphatic rings. The Kier molecular flexibility index (Phi) is 46.4. The molecule has 3 fully saturated rings. The maximum absolute atomic E-state index is 13.0. The smallest absolute Gasteiger partial charge is 0.221 e. The van der Waals surface area contributed by atoms with Gasteiger partial charge in [0.25, 0.3) is 0 Å². The van der Waals surface area contributed by atoms with Crippen LogP contribution in [0.1, 0.15) is 119 Å². The van der Waals surface area contributed by atoms with Gasteiger partial charge in [0.1, 0.15) is 5.54 Å². The summed E-state index contributed by atoms with van der Waals surface area (Å²) in [4.78, 5) is 24.8. The van der Waals surface area contributed by atoms with Gasteiger partial charge in [0.2, 0.25) is 5.91 Å². The summed E-state index contributed by atoms with van der Waals surface area (Å²) in [6, 6.07) is 60.5. The van der Waals surface area contributed by atoms with E-state index in [1.807, 2.05) is 141 Å². The highest BCUT2D eigenvalue weighted by atomic mass is 32.2. The molecule has 0 unspecified atom stereocenters. The van der Waals surface area contributed by atoms with Crippen molar-refractivity contribution in [1.82, 2.24) is 5.32 Å². The molecular formula is C74H109N3O8S6. The first kappa shape index (κ1) is 83.3. The van der Waals surface area contributed by atoms with Crippen LogP contribution in [0.4, 0.5) is 0 Å². The standard InChI is InChI=1S/C22H28N2OS2.C18H21NS2.C13H10O.3C5H12O2.C5H10S2.CH4/c1-21(26-16-9-17-27-21)22(18-10-4-2-5-11-18,19-12-6-3-7-13-19)24-20(25)14-8-15-23;1-17(20-13-8-14-21-17)18(19,15-9-4-2-5-10-15)16-11-6-3-7-12-16;14-13(11-7-3-1-4-8-11)12-9-5-2-6-10-12;3*1-3-7-5-4-6-2;1-5-6-3-2-4-7-5;/h2-7,10-13H,8-9,14-17,23H2,1H3,(H,24,25);2-7,9-12H,8,13-14,19H2,1H3;1-10H;3*3-5H2,1-2H3;5H,2-4H2,1H3;1H4. The fourth-order valence-corrected chi connectivity index (χ4v) is 18.6. The third-order valence-corrected chi connectivity index (χ3v) is 23.9. The fraction of sp³-hybridized carbons (Fsp3) is 0.486. The molecule has 3 heterocycles. The summed E-state index contributed by atoms with van der Waals surface area (Å²) < 4.78 is 29.6. The average Bonchev–Trinajstić information content (AvgIpc) is 0.756. The van der Waals surface area contributed by atoms with Crippen molar-refractivity contribution in [3.05, 3.63) is 215 Å². The second-order valence-corrected chi connectivity index (χ2v) is 30.5. The van der Waals surface area contributed by atoms with Crippen molar-refractivity contribution in [1.29, 1.82) is 0 Å². The Hall–Kier alpha value is -3.76. The van der Waals surface area contributed by atoms with Gasteiger partial charge in [-0.15, -0.1) is 70.6 Å². The van der Waals surface area contributed by atoms with Gasteiger partial charge in [-0.1, -0.05) is 189 Å². The van der Waals surface area contributed by atoms with Gasteiger partial charge >= 0.3 is 0 Å². The molecular weight excluding hydrogens is 1250 g/mol. The summed E-state index contributed by atoms with van der Waals surface area (Å²) in [5.74, 6) is 7.46. The topological polar surface area (TPSA) is 154 Å². The van der Waals surface area contributed by atoms with Gasteiger partial charge in [0.15, 0.2) is 5.78 Å². The maximum Gasteiger partial charge on any atom is 0.221 e. The van der Waals surface area contributed by atoms with E-state index in [-0.39, 0.29) is 27.3 Å². The summed E-state index contributed by atoms with van der Waals surface area (Å²) in [6.07, 6.45) is 5.03. The highest BCUT2D eigenvalue weighted by Crippen LogP contribution is 2.57. The number of hydrogen-bond acceptors (Lipinski definition) is 16. The van der Waals surface area contributed by atoms with Crippen LogP contribution < -0.4 is 16.8 Å². The van der Waals surface area contributed by atoms with E-state index in [4.69, 9.17) is 39.9 Å². The lowest BCUT2D eigenvalue weighted by molar-refractivity contribution is -0.122. The van der Waals surface area contributed by atoms with Gasteiger partial charge in [-0.05, 0) is 131 Å². The molecule has 9 rings (SSSR count). The second-order valence-electron chi connectivity index (χ2n) is 20.7. The van der Waals surface area contributed by atoms with Crippen molar-refractivity contribution in [3.8, 4) is 0 Å². The summed E-state index contributed by atoms with van der Waals surface area (Å²) in [7, 11) is 5.00. The van der Waals surface area contributed by atoms with E-state index in [9.17, 15) is 9.59 Å². The minimum Gasteiger partial charge on any atom is -0.382 e. The lowest BCUT2D eigenvalue weighted by Crippen LogP contribution is -2.59. The van der Waals surface area contributed by atoms with E-state index in [0.29, 0.717) is 59.0 Å². The Morgan fingerprint density at radius 2 is 0.791 bits per heavy atom. The molecule has 0 radical (unpaired) electrons. The van der Waals surface area contributed by atoms with Gasteiger partial charge in [-0.2, -0.15) is 0 Å². The molecule has 17 heteroatoms. The third kappa shape index (κ3) is 29.8. The predicted octanol–water partition coefficient (Wildman–Crippen LogP) is 16.6. The molecule has 5 N–H and O–H groups in total. The number of thioether (sulfide) groups is 6. The number of hydrogen-bond donors (Lipinski definition) is 3. The summed E-state index contributed by atoms with van der Waals surface area (Å²) in [5, 5.41) is 3.47. The van der Waals surface area contributed by atoms with Crippen LogP contribution in [0.15, 0.2) is 182 Å². The van der Waals surface area contributed by atoms with Crippen LogP contribution >= 0.6 is 70.6 Å². The minimum atomic E-state index is -0.600. The molecule has 504 valence electrons. The molecule has 3 aliphatic heterocycles. The van der Waals surface area contributed by atoms with Crippen molar-refractivity contribution in [2.24, 2.45) is 11.5 Å². The lowest BCUT2D eigenvalue weighted by Gasteiger charge is -2.50. The van der Waals surface area contributed by atoms with Crippen molar-refractivity contribution < 1.29 is 38.0 Å². The van der Waals surface area contributed by atoms with Crippen molar-refractivity contribution in [2.75, 3.05) is 122 Å². The Morgan fingerprint density at radius 1 is 0.484 bits per heavy atom. The predicted molar refractivity (Wildman–Crippen MR) is 401 cm³/mol. The van der Waals surface area contributed by atoms with Crippen molar-refractivity contribution >= 4 is 82.3 Å². The molecule has 6 aromatic carbocycles. The summed E-state index contributed by atoms with van der Waals surface area (Å²) in [5.41, 5.74) is 17.8. The second kappa shape index (κ2) is 50.6. The van der Waals surface area contributed by atoms with Crippen LogP contribution in [0.5, 0.6) is 0 Å². The van der Waals surface area contributed by atoms with Crippen LogP contribution in [0, 0.1) is 0 Å². The van der Waals surface area contributed by atoms with Gasteiger partial charge < -0.3 is 45.2 Å². The highest BCUT2D eigenvalue weighted by Gasteiger charge is 2.53. The van der Waals surface area contributed by atoms with Gasteiger partial charge in [0.05, 0.1) is 53.3 Å². The SMILES string of the molecule is C.CC1(C(N)(c2ccccc2)c2ccccc2)SCCCS1.CC1(C(NC(=O)CCCN)(c2ccccc2)c2ccccc2)SCCCS1.CC1SCCCS1.CCOCCOC.CCOCCOC.CCOCCOC.O=C(c1ccccc1)c1ccccc1. The molecule has 0 spiro atoms. The van der Waals surface area contributed by atoms with Crippen LogP contribution in [-0.2, 0) is 44.3 Å². The van der Waals surface area contributed by atoms with E-state index in [1.54, 1.807) is 21.3 Å². The molecule has 0 bridgehead atoms. The minimum absolute atomic E-state index is 0. The zero-order valence-electron chi connectivity index (χ0n) is 55.1. The summed E-state index contributed by atoms with van der Waals surface area (Å²) >= 11 is 12.1. The molecule has 6 aromatic rings. The number of amides is 1. The number of carbonyl (C=O) groups excluding carboxylic acids is 2. The number of carbonyl (C=O) groups is 2. The molecule has 0 saturated carbocycles. The molecule has 1 amide bonds. The number of nitrogens with two attached hydrogens (primary N) is 2. The molecule has 11 nitrogen and oxygen atoms in total. The van der Waals surface area contributed by atoms with Gasteiger partial charge in [0, 0.05) is 63.3 Å². The first-order chi connectivity index (χ1) is 43.8. The first-order valence-corrected chi connectivity index (χ1v) is 37.5. The normalized spacial score (nSPS) is 14.8. The number of ketones is 1. The van der Waals surface area contributed by atoms with E-state index >= 15 is 0 Å². The number of rotatable bonds is 24. The van der Waals surface area contributed by atoms with E-state index in [2.05, 4.69) is 159 Å². The zero-order valence-corrected chi connectivity index (χ0v) is 60.0. The first-order valence-electron chi connectivity index (χ1n) is 31.5. The molecule has 3 saturated heterocycles. The number of nitrogens with one attached hydrogen (secondary N) is 1.